The number of methoxy groups -OCH3 is 1. The Bertz CT molecular complexity index is 395. The van der Waals surface area contributed by atoms with Crippen LogP contribution in [0.15, 0.2) is 18.2 Å². The molecule has 5 heteroatoms. The Morgan fingerprint density at radius 1 is 1.61 bits per heavy atom. The predicted octanol–water partition coefficient (Wildman–Crippen LogP) is 1.77. The third kappa shape index (κ3) is 2.98. The SMILES string of the molecule is COc1ccc(F)cc1C(CC1CCOC1)NN. The van der Waals surface area contributed by atoms with Crippen LogP contribution in [0.25, 0.3) is 0 Å². The van der Waals surface area contributed by atoms with Gasteiger partial charge in [0, 0.05) is 18.8 Å². The average molecular weight is 254 g/mol. The molecule has 1 aliphatic heterocycles. The summed E-state index contributed by atoms with van der Waals surface area (Å²) in [7, 11) is 1.57. The van der Waals surface area contributed by atoms with Crippen LogP contribution in [0.1, 0.15) is 24.4 Å². The van der Waals surface area contributed by atoms with Crippen LogP contribution in [-0.2, 0) is 4.74 Å². The first-order valence-electron chi connectivity index (χ1n) is 6.12. The van der Waals surface area contributed by atoms with E-state index in [9.17, 15) is 4.39 Å². The Morgan fingerprint density at radius 2 is 2.44 bits per heavy atom. The fourth-order valence-corrected chi connectivity index (χ4v) is 2.36. The quantitative estimate of drug-likeness (QED) is 0.621. The zero-order valence-corrected chi connectivity index (χ0v) is 10.5. The van der Waals surface area contributed by atoms with Crippen LogP contribution in [0.5, 0.6) is 5.75 Å². The van der Waals surface area contributed by atoms with Crippen molar-refractivity contribution >= 4 is 0 Å². The number of halogens is 1. The van der Waals surface area contributed by atoms with E-state index in [1.807, 2.05) is 0 Å². The molecule has 1 aliphatic rings. The number of hydrogen-bond acceptors (Lipinski definition) is 4. The van der Waals surface area contributed by atoms with Crippen LogP contribution in [0, 0.1) is 11.7 Å². The van der Waals surface area contributed by atoms with Crippen LogP contribution in [0.2, 0.25) is 0 Å². The van der Waals surface area contributed by atoms with Crippen LogP contribution in [0.3, 0.4) is 0 Å². The highest BCUT2D eigenvalue weighted by Crippen LogP contribution is 2.31. The highest BCUT2D eigenvalue weighted by Gasteiger charge is 2.23. The topological polar surface area (TPSA) is 56.5 Å². The summed E-state index contributed by atoms with van der Waals surface area (Å²) in [6, 6.07) is 4.36. The molecule has 0 amide bonds. The molecule has 2 rings (SSSR count). The van der Waals surface area contributed by atoms with E-state index in [0.717, 1.165) is 31.6 Å². The Labute approximate surface area is 106 Å². The van der Waals surface area contributed by atoms with Crippen LogP contribution >= 0.6 is 0 Å². The van der Waals surface area contributed by atoms with Gasteiger partial charge in [-0.05, 0) is 37.0 Å². The Hall–Kier alpha value is -1.17. The second-order valence-corrected chi connectivity index (χ2v) is 4.57. The van der Waals surface area contributed by atoms with Gasteiger partial charge in [0.2, 0.25) is 0 Å². The van der Waals surface area contributed by atoms with Crippen LogP contribution in [-0.4, -0.2) is 20.3 Å². The van der Waals surface area contributed by atoms with Gasteiger partial charge in [0.15, 0.2) is 0 Å². The minimum Gasteiger partial charge on any atom is -0.496 e. The van der Waals surface area contributed by atoms with E-state index < -0.39 is 0 Å². The fourth-order valence-electron chi connectivity index (χ4n) is 2.36. The highest BCUT2D eigenvalue weighted by atomic mass is 19.1. The molecule has 1 aromatic carbocycles. The number of hydrazine groups is 1. The molecule has 0 spiro atoms. The maximum absolute atomic E-state index is 13.3. The zero-order chi connectivity index (χ0) is 13.0. The smallest absolute Gasteiger partial charge is 0.123 e. The van der Waals surface area contributed by atoms with Crippen LogP contribution < -0.4 is 16.0 Å². The molecule has 4 nitrogen and oxygen atoms in total. The van der Waals surface area contributed by atoms with Crippen molar-refractivity contribution in [1.82, 2.24) is 5.43 Å². The summed E-state index contributed by atoms with van der Waals surface area (Å²) in [5.41, 5.74) is 3.50. The lowest BCUT2D eigenvalue weighted by Crippen LogP contribution is -2.30. The van der Waals surface area contributed by atoms with E-state index in [1.165, 1.54) is 12.1 Å². The molecule has 0 bridgehead atoms. The van der Waals surface area contributed by atoms with E-state index in [-0.39, 0.29) is 11.9 Å². The van der Waals surface area contributed by atoms with Gasteiger partial charge < -0.3 is 9.47 Å². The van der Waals surface area contributed by atoms with Gasteiger partial charge in [-0.25, -0.2) is 4.39 Å². The molecule has 0 radical (unpaired) electrons. The average Bonchev–Trinajstić information content (AvgIpc) is 2.88. The summed E-state index contributed by atoms with van der Waals surface area (Å²) in [5, 5.41) is 0. The molecule has 1 fully saturated rings. The second kappa shape index (κ2) is 6.13. The maximum atomic E-state index is 13.3. The molecule has 1 heterocycles. The largest absolute Gasteiger partial charge is 0.496 e. The van der Waals surface area contributed by atoms with Gasteiger partial charge in [-0.2, -0.15) is 0 Å². The number of ether oxygens (including phenoxy) is 2. The number of nitrogens with two attached hydrogens (primary N) is 1. The summed E-state index contributed by atoms with van der Waals surface area (Å²) < 4.78 is 23.9. The lowest BCUT2D eigenvalue weighted by molar-refractivity contribution is 0.181. The molecular formula is C13H19FN2O2. The van der Waals surface area contributed by atoms with E-state index in [2.05, 4.69) is 5.43 Å². The van der Waals surface area contributed by atoms with Crippen molar-refractivity contribution in [2.75, 3.05) is 20.3 Å². The third-order valence-electron chi connectivity index (χ3n) is 3.36. The van der Waals surface area contributed by atoms with Crippen molar-refractivity contribution in [3.05, 3.63) is 29.6 Å². The summed E-state index contributed by atoms with van der Waals surface area (Å²) >= 11 is 0. The van der Waals surface area contributed by atoms with E-state index in [0.29, 0.717) is 11.7 Å². The molecule has 3 N–H and O–H groups in total. The molecule has 1 saturated heterocycles. The fraction of sp³-hybridized carbons (Fsp3) is 0.538. The highest BCUT2D eigenvalue weighted by molar-refractivity contribution is 5.36. The van der Waals surface area contributed by atoms with Crippen molar-refractivity contribution in [3.63, 3.8) is 0 Å². The molecule has 100 valence electrons. The minimum absolute atomic E-state index is 0.123. The van der Waals surface area contributed by atoms with Gasteiger partial charge in [-0.1, -0.05) is 0 Å². The molecular weight excluding hydrogens is 235 g/mol. The second-order valence-electron chi connectivity index (χ2n) is 4.57. The number of rotatable bonds is 5. The van der Waals surface area contributed by atoms with E-state index in [4.69, 9.17) is 15.3 Å². The molecule has 2 atom stereocenters. The van der Waals surface area contributed by atoms with Crippen molar-refractivity contribution in [2.24, 2.45) is 11.8 Å². The summed E-state index contributed by atoms with van der Waals surface area (Å²) in [5.74, 6) is 6.41. The summed E-state index contributed by atoms with van der Waals surface area (Å²) in [6.45, 7) is 1.54. The molecule has 0 saturated carbocycles. The molecule has 1 aromatic rings. The van der Waals surface area contributed by atoms with E-state index >= 15 is 0 Å². The molecule has 0 aliphatic carbocycles. The van der Waals surface area contributed by atoms with Gasteiger partial charge >= 0.3 is 0 Å². The van der Waals surface area contributed by atoms with Gasteiger partial charge in [0.05, 0.1) is 13.2 Å². The standard InChI is InChI=1S/C13H19FN2O2/c1-17-13-3-2-10(14)7-11(13)12(16-15)6-9-4-5-18-8-9/h2-3,7,9,12,16H,4-6,8,15H2,1H3. The third-order valence-corrected chi connectivity index (χ3v) is 3.36. The van der Waals surface area contributed by atoms with Gasteiger partial charge in [0.25, 0.3) is 0 Å². The van der Waals surface area contributed by atoms with Crippen molar-refractivity contribution in [1.29, 1.82) is 0 Å². The first kappa shape index (κ1) is 13.3. The van der Waals surface area contributed by atoms with E-state index in [1.54, 1.807) is 13.2 Å². The first-order chi connectivity index (χ1) is 8.74. The number of nitrogens with one attached hydrogen (secondary N) is 1. The summed E-state index contributed by atoms with van der Waals surface area (Å²) in [4.78, 5) is 0. The van der Waals surface area contributed by atoms with Crippen LogP contribution in [0.4, 0.5) is 4.39 Å². The Kier molecular flexibility index (Phi) is 4.52. The van der Waals surface area contributed by atoms with Crippen molar-refractivity contribution < 1.29 is 13.9 Å². The van der Waals surface area contributed by atoms with Crippen molar-refractivity contribution in [3.8, 4) is 5.75 Å². The van der Waals surface area contributed by atoms with Crippen molar-refractivity contribution in [2.45, 2.75) is 18.9 Å². The Morgan fingerprint density at radius 3 is 3.06 bits per heavy atom. The van der Waals surface area contributed by atoms with Gasteiger partial charge in [0.1, 0.15) is 11.6 Å². The lowest BCUT2D eigenvalue weighted by atomic mass is 9.94. The molecule has 2 unspecified atom stereocenters. The monoisotopic (exact) mass is 254 g/mol. The number of hydrogen-bond donors (Lipinski definition) is 2. The maximum Gasteiger partial charge on any atom is 0.123 e. The Balaban J connectivity index is 2.17. The molecule has 18 heavy (non-hydrogen) atoms. The van der Waals surface area contributed by atoms with Gasteiger partial charge in [-0.3, -0.25) is 11.3 Å². The first-order valence-corrected chi connectivity index (χ1v) is 6.12. The zero-order valence-electron chi connectivity index (χ0n) is 10.5. The molecule has 0 aromatic heterocycles. The number of benzene rings is 1. The lowest BCUT2D eigenvalue weighted by Gasteiger charge is -2.21. The van der Waals surface area contributed by atoms with Gasteiger partial charge in [-0.15, -0.1) is 0 Å². The summed E-state index contributed by atoms with van der Waals surface area (Å²) in [6.07, 6.45) is 1.84. The minimum atomic E-state index is -0.284. The predicted molar refractivity (Wildman–Crippen MR) is 66.6 cm³/mol. The normalized spacial score (nSPS) is 20.9.